The van der Waals surface area contributed by atoms with Crippen molar-refractivity contribution in [3.63, 3.8) is 0 Å². The molecule has 0 saturated carbocycles. The van der Waals surface area contributed by atoms with E-state index in [-0.39, 0.29) is 28.9 Å². The van der Waals surface area contributed by atoms with Gasteiger partial charge in [-0.3, -0.25) is 19.3 Å². The lowest BCUT2D eigenvalue weighted by atomic mass is 9.77. The molecule has 0 unspecified atom stereocenters. The summed E-state index contributed by atoms with van der Waals surface area (Å²) in [5, 5.41) is 21.0. The molecule has 1 saturated heterocycles. The molecule has 0 radical (unpaired) electrons. The summed E-state index contributed by atoms with van der Waals surface area (Å²) in [6.45, 7) is 3.19. The number of hydrogen-bond acceptors (Lipinski definition) is 10. The summed E-state index contributed by atoms with van der Waals surface area (Å²) in [6, 6.07) is 5.09. The number of ether oxygens (including phenoxy) is 1. The third-order valence-corrected chi connectivity index (χ3v) is 8.95. The minimum Gasteiger partial charge on any atom is -0.456 e. The van der Waals surface area contributed by atoms with E-state index in [9.17, 15) is 33.2 Å². The van der Waals surface area contributed by atoms with Crippen LogP contribution in [0.5, 0.6) is 0 Å². The number of thiazole rings is 1. The average molecular weight is 547 g/mol. The number of nitro groups is 1. The van der Waals surface area contributed by atoms with Crippen LogP contribution in [-0.2, 0) is 30.8 Å². The summed E-state index contributed by atoms with van der Waals surface area (Å²) in [5.41, 5.74) is 0.984. The first kappa shape index (κ1) is 25.0. The summed E-state index contributed by atoms with van der Waals surface area (Å²) in [5.74, 6) is -2.20. The number of fused-ring (bicyclic) bond motifs is 2. The van der Waals surface area contributed by atoms with Crippen LogP contribution in [0.1, 0.15) is 24.3 Å². The Morgan fingerprint density at radius 2 is 2.00 bits per heavy atom. The third kappa shape index (κ3) is 4.01. The predicted octanol–water partition coefficient (Wildman–Crippen LogP) is 2.02. The van der Waals surface area contributed by atoms with Crippen molar-refractivity contribution in [1.82, 2.24) is 14.3 Å². The predicted molar refractivity (Wildman–Crippen MR) is 131 cm³/mol. The van der Waals surface area contributed by atoms with Crippen LogP contribution in [0.15, 0.2) is 47.5 Å². The van der Waals surface area contributed by atoms with E-state index in [1.54, 1.807) is 10.6 Å². The van der Waals surface area contributed by atoms with Gasteiger partial charge in [0.25, 0.3) is 5.69 Å². The zero-order valence-electron chi connectivity index (χ0n) is 19.9. The summed E-state index contributed by atoms with van der Waals surface area (Å²) >= 11 is 1.13. The van der Waals surface area contributed by atoms with Gasteiger partial charge in [-0.25, -0.2) is 18.2 Å². The Balaban J connectivity index is 1.53. The van der Waals surface area contributed by atoms with Gasteiger partial charge in [0.2, 0.25) is 5.91 Å². The maximum Gasteiger partial charge on any atom is 0.355 e. The smallest absolute Gasteiger partial charge is 0.355 e. The van der Waals surface area contributed by atoms with Gasteiger partial charge in [-0.2, -0.15) is 0 Å². The highest BCUT2D eigenvalue weighted by atomic mass is 32.2. The van der Waals surface area contributed by atoms with Crippen LogP contribution in [0.25, 0.3) is 10.4 Å². The fourth-order valence-corrected chi connectivity index (χ4v) is 7.32. The molecule has 1 amide bonds. The Kier molecular flexibility index (Phi) is 5.92. The van der Waals surface area contributed by atoms with Crippen molar-refractivity contribution in [1.29, 1.82) is 0 Å². The number of non-ortho nitro benzene ring substituents is 1. The highest BCUT2D eigenvalue weighted by Gasteiger charge is 2.60. The lowest BCUT2D eigenvalue weighted by Crippen LogP contribution is -2.63. The van der Waals surface area contributed by atoms with Crippen molar-refractivity contribution in [3.05, 3.63) is 63.0 Å². The molecule has 0 aliphatic carbocycles. The van der Waals surface area contributed by atoms with Crippen LogP contribution in [0, 0.1) is 22.0 Å². The average Bonchev–Trinajstić information content (AvgIpc) is 3.46. The van der Waals surface area contributed by atoms with E-state index >= 15 is 0 Å². The topological polar surface area (TPSA) is 161 Å². The maximum absolute atomic E-state index is 13.4. The second kappa shape index (κ2) is 8.75. The van der Waals surface area contributed by atoms with Gasteiger partial charge in [-0.1, -0.05) is 6.92 Å². The molecule has 5 rings (SSSR count). The Morgan fingerprint density at radius 3 is 2.59 bits per heavy atom. The molecule has 14 heteroatoms. The minimum atomic E-state index is -3.59. The number of aliphatic hydroxyl groups excluding tert-OH is 1. The molecule has 0 bridgehead atoms. The minimum absolute atomic E-state index is 0.0414. The molecule has 194 valence electrons. The van der Waals surface area contributed by atoms with Gasteiger partial charge >= 0.3 is 5.97 Å². The summed E-state index contributed by atoms with van der Waals surface area (Å²) in [6.07, 6.45) is 3.17. The monoisotopic (exact) mass is 546 g/mol. The largest absolute Gasteiger partial charge is 0.456 e. The molecule has 3 aromatic rings. The molecule has 1 aromatic carbocycles. The van der Waals surface area contributed by atoms with E-state index < -0.39 is 44.7 Å². The van der Waals surface area contributed by atoms with Gasteiger partial charge < -0.3 is 14.7 Å². The number of aliphatic hydroxyl groups is 1. The van der Waals surface area contributed by atoms with E-state index in [1.165, 1.54) is 42.4 Å². The van der Waals surface area contributed by atoms with E-state index in [1.807, 2.05) is 6.92 Å². The van der Waals surface area contributed by atoms with E-state index in [0.717, 1.165) is 17.6 Å². The second-order valence-corrected chi connectivity index (χ2v) is 12.1. The fourth-order valence-electron chi connectivity index (χ4n) is 4.97. The molecule has 4 atom stereocenters. The highest BCUT2D eigenvalue weighted by molar-refractivity contribution is 7.91. The van der Waals surface area contributed by atoms with Crippen molar-refractivity contribution in [2.24, 2.45) is 11.8 Å². The first-order valence-corrected chi connectivity index (χ1v) is 13.9. The Bertz CT molecular complexity index is 1590. The van der Waals surface area contributed by atoms with Crippen molar-refractivity contribution in [2.75, 3.05) is 6.26 Å². The lowest BCUT2D eigenvalue weighted by Gasteiger charge is -2.46. The van der Waals surface area contributed by atoms with E-state index in [4.69, 9.17) is 4.74 Å². The molecule has 2 aliphatic rings. The maximum atomic E-state index is 13.4. The zero-order chi connectivity index (χ0) is 26.8. The Morgan fingerprint density at radius 1 is 1.32 bits per heavy atom. The molecular formula is C23H22N4O8S2. The number of nitrogens with zero attached hydrogens (tertiary/aromatic N) is 4. The fraction of sp³-hybridized carbons (Fsp3) is 0.348. The number of hydrogen-bond donors (Lipinski definition) is 1. The molecular weight excluding hydrogens is 524 g/mol. The summed E-state index contributed by atoms with van der Waals surface area (Å²) in [7, 11) is -3.59. The number of imidazole rings is 1. The normalized spacial score (nSPS) is 22.2. The molecule has 0 spiro atoms. The standard InChI is InChI=1S/C23H22N4O8S2/c1-11-16(15-8-25-10-24-20(22(25)36-15)37(3,33)34)19(26-18(11)17(12(2)28)21(26)29)23(30)35-9-13-4-6-14(7-5-13)27(31)32/h4-8,10-12,17-18,28H,9H2,1-3H3/t11-,12+,17+,18+/m0/s1. The first-order chi connectivity index (χ1) is 17.4. The first-order valence-electron chi connectivity index (χ1n) is 11.2. The Hall–Kier alpha value is -3.62. The van der Waals surface area contributed by atoms with Crippen LogP contribution < -0.4 is 0 Å². The van der Waals surface area contributed by atoms with Crippen LogP contribution in [0.4, 0.5) is 5.69 Å². The number of carbonyl (C=O) groups is 2. The number of nitro benzene ring substituents is 1. The number of sulfone groups is 1. The molecule has 2 aromatic heterocycles. The van der Waals surface area contributed by atoms with Crippen LogP contribution in [-0.4, -0.2) is 63.0 Å². The molecule has 2 aliphatic heterocycles. The SMILES string of the molecule is C[C@@H](O)[C@H]1C(=O)N2C(C(=O)OCc3ccc([N+](=O)[O-])cc3)=C(c3cn4cnc(S(C)(=O)=O)c4s3)[C@H](C)[C@H]12. The van der Waals surface area contributed by atoms with Crippen molar-refractivity contribution in [3.8, 4) is 0 Å². The molecule has 12 nitrogen and oxygen atoms in total. The van der Waals surface area contributed by atoms with Gasteiger partial charge in [-0.15, -0.1) is 11.3 Å². The lowest BCUT2D eigenvalue weighted by molar-refractivity contribution is -0.384. The number of aromatic nitrogens is 2. The Labute approximate surface area is 214 Å². The van der Waals surface area contributed by atoms with Crippen molar-refractivity contribution in [2.45, 2.75) is 37.6 Å². The highest BCUT2D eigenvalue weighted by Crippen LogP contribution is 2.52. The number of carbonyl (C=O) groups excluding carboxylic acids is 2. The molecule has 1 fully saturated rings. The summed E-state index contributed by atoms with van der Waals surface area (Å²) in [4.78, 5) is 42.9. The third-order valence-electron chi connectivity index (χ3n) is 6.68. The zero-order valence-corrected chi connectivity index (χ0v) is 21.5. The quantitative estimate of drug-likeness (QED) is 0.202. The molecule has 37 heavy (non-hydrogen) atoms. The van der Waals surface area contributed by atoms with Gasteiger partial charge in [0.05, 0.1) is 27.9 Å². The number of β-lactam (4-membered cyclic amide) rings is 1. The number of benzene rings is 1. The van der Waals surface area contributed by atoms with Crippen molar-refractivity contribution >= 4 is 49.1 Å². The number of rotatable bonds is 7. The summed E-state index contributed by atoms with van der Waals surface area (Å²) < 4.78 is 31.4. The number of amides is 1. The van der Waals surface area contributed by atoms with Crippen LogP contribution in [0.3, 0.4) is 0 Å². The van der Waals surface area contributed by atoms with Crippen LogP contribution in [0.2, 0.25) is 0 Å². The van der Waals surface area contributed by atoms with E-state index in [0.29, 0.717) is 20.8 Å². The van der Waals surface area contributed by atoms with Gasteiger partial charge in [0, 0.05) is 36.1 Å². The van der Waals surface area contributed by atoms with Crippen LogP contribution >= 0.6 is 11.3 Å². The second-order valence-electron chi connectivity index (χ2n) is 9.15. The number of esters is 1. The molecule has 4 heterocycles. The van der Waals surface area contributed by atoms with E-state index in [2.05, 4.69) is 4.98 Å². The van der Waals surface area contributed by atoms with Crippen molar-refractivity contribution < 1.29 is 32.8 Å². The van der Waals surface area contributed by atoms with Gasteiger partial charge in [0.1, 0.15) is 23.5 Å². The van der Waals surface area contributed by atoms with Gasteiger partial charge in [0.15, 0.2) is 14.9 Å². The van der Waals surface area contributed by atoms with Gasteiger partial charge in [-0.05, 0) is 24.6 Å². The molecule has 1 N–H and O–H groups in total.